The minimum atomic E-state index is -0.826. The van der Waals surface area contributed by atoms with Gasteiger partial charge in [-0.3, -0.25) is 0 Å². The SMILES string of the molecule is CC(C)c1cc(-c2c(C(C)C)ccc3[cH-]c(C(C)C)cc23)cc(C(C)C)c1.[Cl][Zr][Cl]. The van der Waals surface area contributed by atoms with Crippen LogP contribution in [-0.2, 0) is 20.8 Å². The van der Waals surface area contributed by atoms with Crippen molar-refractivity contribution in [1.29, 1.82) is 0 Å². The van der Waals surface area contributed by atoms with Gasteiger partial charge in [-0.25, -0.2) is 0 Å². The number of hydrogen-bond acceptors (Lipinski definition) is 0. The molecule has 0 aliphatic carbocycles. The first kappa shape index (κ1) is 25.8. The van der Waals surface area contributed by atoms with E-state index >= 15 is 0 Å². The van der Waals surface area contributed by atoms with Crippen LogP contribution in [0.25, 0.3) is 21.9 Å². The average Bonchev–Trinajstić information content (AvgIpc) is 3.11. The van der Waals surface area contributed by atoms with Crippen LogP contribution in [0.3, 0.4) is 0 Å². The van der Waals surface area contributed by atoms with E-state index in [1.165, 1.54) is 44.2 Å². The van der Waals surface area contributed by atoms with Gasteiger partial charge in [0.15, 0.2) is 0 Å². The van der Waals surface area contributed by atoms with Crippen molar-refractivity contribution in [2.45, 2.75) is 79.1 Å². The minimum absolute atomic E-state index is 0.506. The molecule has 0 aliphatic heterocycles. The standard InChI is InChI=1S/C27H35.2ClH.Zr/c1-16(2)21-12-22(17(3)4)14-24(13-21)27-25(19(7)8)10-9-20-11-23(18(5)6)15-26(20)27;;;/h9-19H,1-8H3;2*1H;/q-1;;;+2/p-2. The summed E-state index contributed by atoms with van der Waals surface area (Å²) in [5, 5.41) is 2.79. The van der Waals surface area contributed by atoms with Gasteiger partial charge in [0, 0.05) is 0 Å². The Morgan fingerprint density at radius 2 is 1.23 bits per heavy atom. The zero-order valence-electron chi connectivity index (χ0n) is 19.6. The quantitative estimate of drug-likeness (QED) is 0.293. The molecule has 0 fully saturated rings. The summed E-state index contributed by atoms with van der Waals surface area (Å²) in [5.74, 6) is 2.14. The molecule has 0 radical (unpaired) electrons. The third-order valence-electron chi connectivity index (χ3n) is 5.83. The zero-order chi connectivity index (χ0) is 22.6. The summed E-state index contributed by atoms with van der Waals surface area (Å²) in [6, 6.07) is 16.7. The summed E-state index contributed by atoms with van der Waals surface area (Å²) in [5.41, 5.74) is 8.62. The fourth-order valence-corrected chi connectivity index (χ4v) is 3.95. The molecule has 0 unspecified atom stereocenters. The van der Waals surface area contributed by atoms with Crippen molar-refractivity contribution in [2.75, 3.05) is 0 Å². The van der Waals surface area contributed by atoms with E-state index in [2.05, 4.69) is 97.9 Å². The van der Waals surface area contributed by atoms with Gasteiger partial charge in [0.25, 0.3) is 0 Å². The summed E-state index contributed by atoms with van der Waals surface area (Å²) in [4.78, 5) is 0. The van der Waals surface area contributed by atoms with Gasteiger partial charge in [-0.1, -0.05) is 84.7 Å². The predicted octanol–water partition coefficient (Wildman–Crippen LogP) is 10.1. The average molecular weight is 522 g/mol. The number of rotatable bonds is 5. The molecule has 3 rings (SSSR count). The van der Waals surface area contributed by atoms with Crippen LogP contribution < -0.4 is 0 Å². The maximum absolute atomic E-state index is 4.93. The monoisotopic (exact) mass is 519 g/mol. The van der Waals surface area contributed by atoms with Crippen LogP contribution in [-0.4, -0.2) is 0 Å². The summed E-state index contributed by atoms with van der Waals surface area (Å²) < 4.78 is 0. The van der Waals surface area contributed by atoms with Gasteiger partial charge in [-0.2, -0.15) is 6.07 Å². The van der Waals surface area contributed by atoms with Crippen molar-refractivity contribution in [3.63, 3.8) is 0 Å². The molecule has 0 nitrogen and oxygen atoms in total. The molecule has 3 aromatic carbocycles. The second kappa shape index (κ2) is 11.4. The van der Waals surface area contributed by atoms with Crippen LogP contribution in [0.5, 0.6) is 0 Å². The fraction of sp³-hybridized carbons (Fsp3) is 0.444. The van der Waals surface area contributed by atoms with E-state index in [4.69, 9.17) is 17.0 Å². The Labute approximate surface area is 202 Å². The normalized spacial score (nSPS) is 11.5. The molecule has 0 aromatic heterocycles. The maximum atomic E-state index is 4.93. The van der Waals surface area contributed by atoms with Gasteiger partial charge < -0.3 is 0 Å². The van der Waals surface area contributed by atoms with Gasteiger partial charge in [0.05, 0.1) is 0 Å². The van der Waals surface area contributed by atoms with E-state index in [1.807, 2.05) is 0 Å². The summed E-state index contributed by atoms with van der Waals surface area (Å²) in [7, 11) is 9.87. The van der Waals surface area contributed by atoms with E-state index in [-0.39, 0.29) is 0 Å². The molecule has 0 bridgehead atoms. The van der Waals surface area contributed by atoms with E-state index in [9.17, 15) is 0 Å². The van der Waals surface area contributed by atoms with Crippen molar-refractivity contribution in [3.8, 4) is 11.1 Å². The molecule has 0 atom stereocenters. The number of hydrogen-bond donors (Lipinski definition) is 0. The predicted molar refractivity (Wildman–Crippen MR) is 133 cm³/mol. The molecular weight excluding hydrogens is 486 g/mol. The van der Waals surface area contributed by atoms with E-state index in [1.54, 1.807) is 0 Å². The van der Waals surface area contributed by atoms with Gasteiger partial charge in [-0.15, -0.1) is 34.5 Å². The zero-order valence-corrected chi connectivity index (χ0v) is 23.6. The van der Waals surface area contributed by atoms with Crippen molar-refractivity contribution >= 4 is 27.8 Å². The Hall–Kier alpha value is -0.487. The number of fused-ring (bicyclic) bond motifs is 1. The molecule has 0 N–H and O–H groups in total. The van der Waals surface area contributed by atoms with E-state index in [0.29, 0.717) is 23.7 Å². The number of halogens is 2. The topological polar surface area (TPSA) is 0 Å². The first-order valence-electron chi connectivity index (χ1n) is 10.9. The third kappa shape index (κ3) is 6.06. The second-order valence-electron chi connectivity index (χ2n) is 9.40. The molecule has 0 amide bonds. The van der Waals surface area contributed by atoms with Crippen LogP contribution in [0.4, 0.5) is 0 Å². The Morgan fingerprint density at radius 1 is 0.700 bits per heavy atom. The Kier molecular flexibility index (Phi) is 9.79. The van der Waals surface area contributed by atoms with Crippen LogP contribution >= 0.6 is 17.0 Å². The molecule has 0 aliphatic rings. The summed E-state index contributed by atoms with van der Waals surface area (Å²) in [6.07, 6.45) is 0. The van der Waals surface area contributed by atoms with Gasteiger partial charge in [0.2, 0.25) is 0 Å². The molecule has 3 heteroatoms. The molecule has 162 valence electrons. The van der Waals surface area contributed by atoms with E-state index in [0.717, 1.165) is 0 Å². The Balaban J connectivity index is 0.00000101. The molecule has 0 spiro atoms. The van der Waals surface area contributed by atoms with Crippen LogP contribution in [0.1, 0.15) is 101 Å². The molecule has 0 heterocycles. The van der Waals surface area contributed by atoms with E-state index < -0.39 is 20.8 Å². The van der Waals surface area contributed by atoms with Crippen LogP contribution in [0.2, 0.25) is 0 Å². The molecule has 0 saturated carbocycles. The Morgan fingerprint density at radius 3 is 1.67 bits per heavy atom. The summed E-state index contributed by atoms with van der Waals surface area (Å²) in [6.45, 7) is 18.4. The van der Waals surface area contributed by atoms with Crippen molar-refractivity contribution in [1.82, 2.24) is 0 Å². The van der Waals surface area contributed by atoms with Crippen molar-refractivity contribution in [3.05, 3.63) is 64.7 Å². The molecule has 0 saturated heterocycles. The Bertz CT molecular complexity index is 938. The van der Waals surface area contributed by atoms with Crippen molar-refractivity contribution in [2.24, 2.45) is 0 Å². The first-order valence-corrected chi connectivity index (χ1v) is 17.3. The molecule has 3 aromatic rings. The molecule has 30 heavy (non-hydrogen) atoms. The fourth-order valence-electron chi connectivity index (χ4n) is 3.95. The number of benzene rings is 2. The summed E-state index contributed by atoms with van der Waals surface area (Å²) >= 11 is -0.826. The van der Waals surface area contributed by atoms with Gasteiger partial charge in [0.1, 0.15) is 0 Å². The van der Waals surface area contributed by atoms with Crippen molar-refractivity contribution < 1.29 is 20.8 Å². The molecular formula is C27H35Cl2Zr-. The third-order valence-corrected chi connectivity index (χ3v) is 5.83. The van der Waals surface area contributed by atoms with Crippen LogP contribution in [0.15, 0.2) is 42.5 Å². The second-order valence-corrected chi connectivity index (χ2v) is 13.1. The van der Waals surface area contributed by atoms with Gasteiger partial charge in [-0.05, 0) is 40.4 Å². The first-order chi connectivity index (χ1) is 14.1. The van der Waals surface area contributed by atoms with Gasteiger partial charge >= 0.3 is 37.9 Å². The van der Waals surface area contributed by atoms with Crippen LogP contribution in [0, 0.1) is 0 Å².